The van der Waals surface area contributed by atoms with Gasteiger partial charge in [0, 0.05) is 12.1 Å². The van der Waals surface area contributed by atoms with E-state index in [1.165, 1.54) is 30.0 Å². The first kappa shape index (κ1) is 16.3. The molecular formula is C15H11ClN4O3S. The van der Waals surface area contributed by atoms with E-state index in [9.17, 15) is 14.9 Å². The monoisotopic (exact) mass is 362 g/mol. The van der Waals surface area contributed by atoms with Crippen molar-refractivity contribution >= 4 is 51.7 Å². The molecule has 0 saturated carbocycles. The Morgan fingerprint density at radius 1 is 1.33 bits per heavy atom. The smallest absolute Gasteiger partial charge is 0.271 e. The number of non-ortho nitro benzene ring substituents is 1. The number of nitrogens with zero attached hydrogens (tertiary/aromatic N) is 2. The number of carbonyl (C=O) groups is 1. The summed E-state index contributed by atoms with van der Waals surface area (Å²) in [5, 5.41) is 14.2. The number of fused-ring (bicyclic) bond motifs is 1. The third-order valence-corrected chi connectivity index (χ3v) is 4.35. The molecule has 1 heterocycles. The van der Waals surface area contributed by atoms with E-state index in [2.05, 4.69) is 15.3 Å². The van der Waals surface area contributed by atoms with Gasteiger partial charge in [-0.25, -0.2) is 4.98 Å². The minimum atomic E-state index is -0.546. The topological polar surface area (TPSA) is 101 Å². The lowest BCUT2D eigenvalue weighted by Crippen LogP contribution is -2.14. The number of thioether (sulfide) groups is 1. The van der Waals surface area contributed by atoms with Crippen molar-refractivity contribution in [1.82, 2.24) is 9.97 Å². The van der Waals surface area contributed by atoms with Crippen molar-refractivity contribution in [3.8, 4) is 0 Å². The van der Waals surface area contributed by atoms with E-state index in [-0.39, 0.29) is 28.1 Å². The molecule has 0 atom stereocenters. The van der Waals surface area contributed by atoms with Gasteiger partial charge in [0.15, 0.2) is 5.16 Å². The number of anilines is 1. The van der Waals surface area contributed by atoms with Crippen molar-refractivity contribution in [3.63, 3.8) is 0 Å². The van der Waals surface area contributed by atoms with Gasteiger partial charge in [0.1, 0.15) is 0 Å². The number of rotatable bonds is 5. The summed E-state index contributed by atoms with van der Waals surface area (Å²) in [5.41, 5.74) is 1.78. The van der Waals surface area contributed by atoms with Gasteiger partial charge in [-0.3, -0.25) is 14.9 Å². The number of hydrogen-bond acceptors (Lipinski definition) is 5. The van der Waals surface area contributed by atoms with E-state index in [1.807, 2.05) is 24.3 Å². The normalized spacial score (nSPS) is 10.7. The summed E-state index contributed by atoms with van der Waals surface area (Å²) < 4.78 is 0. The molecule has 0 aliphatic rings. The number of H-pyrrole nitrogens is 1. The van der Waals surface area contributed by atoms with Crippen LogP contribution < -0.4 is 5.32 Å². The molecule has 0 unspecified atom stereocenters. The first-order valence-electron chi connectivity index (χ1n) is 6.84. The van der Waals surface area contributed by atoms with Gasteiger partial charge in [0.25, 0.3) is 5.69 Å². The summed E-state index contributed by atoms with van der Waals surface area (Å²) in [6, 6.07) is 11.4. The molecule has 2 aromatic carbocycles. The van der Waals surface area contributed by atoms with Crippen LogP contribution in [-0.4, -0.2) is 26.6 Å². The zero-order valence-electron chi connectivity index (χ0n) is 12.2. The van der Waals surface area contributed by atoms with Crippen LogP contribution in [0.5, 0.6) is 0 Å². The maximum atomic E-state index is 12.0. The molecule has 1 amide bonds. The van der Waals surface area contributed by atoms with Crippen molar-refractivity contribution in [2.45, 2.75) is 5.16 Å². The van der Waals surface area contributed by atoms with Crippen LogP contribution in [0.15, 0.2) is 47.6 Å². The second-order valence-electron chi connectivity index (χ2n) is 4.82. The number of hydrogen-bond donors (Lipinski definition) is 2. The number of aromatic nitrogens is 2. The highest BCUT2D eigenvalue weighted by Gasteiger charge is 2.13. The Labute approximate surface area is 145 Å². The average molecular weight is 363 g/mol. The first-order valence-corrected chi connectivity index (χ1v) is 8.20. The SMILES string of the molecule is O=C(CSc1nc2ccccc2[nH]1)Nc1cc([N+](=O)[O-])ccc1Cl. The number of nitrogens with one attached hydrogen (secondary N) is 2. The van der Waals surface area contributed by atoms with Gasteiger partial charge in [-0.2, -0.15) is 0 Å². The van der Waals surface area contributed by atoms with E-state index < -0.39 is 4.92 Å². The number of nitro groups is 1. The molecule has 0 fully saturated rings. The molecule has 7 nitrogen and oxygen atoms in total. The zero-order valence-corrected chi connectivity index (χ0v) is 13.7. The zero-order chi connectivity index (χ0) is 17.1. The summed E-state index contributed by atoms with van der Waals surface area (Å²) in [4.78, 5) is 29.7. The van der Waals surface area contributed by atoms with Crippen molar-refractivity contribution in [2.24, 2.45) is 0 Å². The molecule has 2 N–H and O–H groups in total. The lowest BCUT2D eigenvalue weighted by Gasteiger charge is -2.06. The van der Waals surface area contributed by atoms with Gasteiger partial charge in [-0.15, -0.1) is 0 Å². The fourth-order valence-electron chi connectivity index (χ4n) is 2.04. The molecule has 0 saturated heterocycles. The van der Waals surface area contributed by atoms with Crippen LogP contribution in [0.25, 0.3) is 11.0 Å². The highest BCUT2D eigenvalue weighted by molar-refractivity contribution is 7.99. The van der Waals surface area contributed by atoms with Crippen molar-refractivity contribution in [1.29, 1.82) is 0 Å². The first-order chi connectivity index (χ1) is 11.5. The molecule has 0 radical (unpaired) electrons. The van der Waals surface area contributed by atoms with E-state index >= 15 is 0 Å². The van der Waals surface area contributed by atoms with Crippen LogP contribution in [0.1, 0.15) is 0 Å². The second-order valence-corrected chi connectivity index (χ2v) is 6.19. The summed E-state index contributed by atoms with van der Waals surface area (Å²) in [6.07, 6.45) is 0. The van der Waals surface area contributed by atoms with Gasteiger partial charge >= 0.3 is 0 Å². The van der Waals surface area contributed by atoms with E-state index in [4.69, 9.17) is 11.6 Å². The Morgan fingerprint density at radius 3 is 2.88 bits per heavy atom. The van der Waals surface area contributed by atoms with Gasteiger partial charge < -0.3 is 10.3 Å². The van der Waals surface area contributed by atoms with E-state index in [0.29, 0.717) is 5.16 Å². The number of amides is 1. The van der Waals surface area contributed by atoms with Crippen molar-refractivity contribution < 1.29 is 9.72 Å². The lowest BCUT2D eigenvalue weighted by atomic mass is 10.3. The number of aromatic amines is 1. The molecule has 0 aliphatic heterocycles. The number of nitro benzene ring substituents is 1. The maximum Gasteiger partial charge on any atom is 0.271 e. The summed E-state index contributed by atoms with van der Waals surface area (Å²) >= 11 is 7.19. The summed E-state index contributed by atoms with van der Waals surface area (Å²) in [5.74, 6) is -0.235. The molecule has 24 heavy (non-hydrogen) atoms. The Kier molecular flexibility index (Phi) is 4.68. The molecule has 122 valence electrons. The number of benzene rings is 2. The molecule has 3 aromatic rings. The number of carbonyl (C=O) groups excluding carboxylic acids is 1. The summed E-state index contributed by atoms with van der Waals surface area (Å²) in [6.45, 7) is 0. The van der Waals surface area contributed by atoms with Gasteiger partial charge in [-0.1, -0.05) is 35.5 Å². The second kappa shape index (κ2) is 6.90. The fourth-order valence-corrected chi connectivity index (χ4v) is 2.89. The molecule has 3 rings (SSSR count). The Balaban J connectivity index is 1.65. The molecular weight excluding hydrogens is 352 g/mol. The van der Waals surface area contributed by atoms with Crippen LogP contribution in [0, 0.1) is 10.1 Å². The Hall–Kier alpha value is -2.58. The molecule has 0 aliphatic carbocycles. The Bertz CT molecular complexity index is 895. The van der Waals surface area contributed by atoms with Crippen LogP contribution in [0.2, 0.25) is 5.02 Å². The average Bonchev–Trinajstić information content (AvgIpc) is 2.97. The standard InChI is InChI=1S/C15H11ClN4O3S/c16-10-6-5-9(20(22)23)7-13(10)17-14(21)8-24-15-18-11-3-1-2-4-12(11)19-15/h1-7H,8H2,(H,17,21)(H,18,19). The van der Waals surface area contributed by atoms with Crippen LogP contribution in [0.4, 0.5) is 11.4 Å². The van der Waals surface area contributed by atoms with Crippen molar-refractivity contribution in [3.05, 3.63) is 57.6 Å². The third-order valence-electron chi connectivity index (χ3n) is 3.14. The van der Waals surface area contributed by atoms with Gasteiger partial charge in [-0.05, 0) is 18.2 Å². The minimum absolute atomic E-state index is 0.0961. The van der Waals surface area contributed by atoms with Crippen LogP contribution in [0.3, 0.4) is 0 Å². The molecule has 9 heteroatoms. The predicted molar refractivity (Wildman–Crippen MR) is 93.6 cm³/mol. The molecule has 1 aromatic heterocycles. The predicted octanol–water partition coefficient (Wildman–Crippen LogP) is 3.86. The number of imidazole rings is 1. The van der Waals surface area contributed by atoms with E-state index in [0.717, 1.165) is 11.0 Å². The fraction of sp³-hybridized carbons (Fsp3) is 0.0667. The molecule has 0 bridgehead atoms. The maximum absolute atomic E-state index is 12.0. The van der Waals surface area contributed by atoms with Crippen LogP contribution >= 0.6 is 23.4 Å². The highest BCUT2D eigenvalue weighted by Crippen LogP contribution is 2.27. The van der Waals surface area contributed by atoms with Gasteiger partial charge in [0.2, 0.25) is 5.91 Å². The highest BCUT2D eigenvalue weighted by atomic mass is 35.5. The number of halogens is 1. The van der Waals surface area contributed by atoms with Crippen LogP contribution in [-0.2, 0) is 4.79 Å². The van der Waals surface area contributed by atoms with E-state index in [1.54, 1.807) is 0 Å². The quantitative estimate of drug-likeness (QED) is 0.407. The molecule has 0 spiro atoms. The van der Waals surface area contributed by atoms with Crippen molar-refractivity contribution in [2.75, 3.05) is 11.1 Å². The Morgan fingerprint density at radius 2 is 2.12 bits per heavy atom. The number of para-hydroxylation sites is 2. The largest absolute Gasteiger partial charge is 0.333 e. The van der Waals surface area contributed by atoms with Gasteiger partial charge in [0.05, 0.1) is 32.4 Å². The minimum Gasteiger partial charge on any atom is -0.333 e. The summed E-state index contributed by atoms with van der Waals surface area (Å²) in [7, 11) is 0. The lowest BCUT2D eigenvalue weighted by molar-refractivity contribution is -0.384. The third kappa shape index (κ3) is 3.66.